The van der Waals surface area contributed by atoms with E-state index >= 15 is 0 Å². The van der Waals surface area contributed by atoms with Crippen molar-refractivity contribution >= 4 is 17.8 Å². The van der Waals surface area contributed by atoms with Gasteiger partial charge < -0.3 is 9.84 Å². The molecule has 0 unspecified atom stereocenters. The van der Waals surface area contributed by atoms with Crippen LogP contribution < -0.4 is 5.32 Å². The van der Waals surface area contributed by atoms with Crippen molar-refractivity contribution in [2.24, 2.45) is 11.8 Å². The van der Waals surface area contributed by atoms with Crippen LogP contribution in [0, 0.1) is 11.8 Å². The number of carbonyl (C=O) groups excluding carboxylic acids is 3. The third-order valence-corrected chi connectivity index (χ3v) is 5.69. The molecule has 0 bridgehead atoms. The molecule has 4 rings (SSSR count). The lowest BCUT2D eigenvalue weighted by Crippen LogP contribution is -2.58. The predicted molar refractivity (Wildman–Crippen MR) is 96.0 cm³/mol. The fraction of sp³-hybridized carbons (Fsp3) is 0.368. The highest BCUT2D eigenvalue weighted by Crippen LogP contribution is 2.48. The molecular weight excluding hydrogens is 364 g/mol. The first-order chi connectivity index (χ1) is 13.4. The minimum absolute atomic E-state index is 0.386. The zero-order valence-electron chi connectivity index (χ0n) is 15.4. The van der Waals surface area contributed by atoms with Crippen LogP contribution in [0.5, 0.6) is 0 Å². The largest absolute Gasteiger partial charge is 0.468 e. The maximum absolute atomic E-state index is 12.8. The Kier molecular flexibility index (Phi) is 4.28. The minimum atomic E-state index is -1.66. The van der Waals surface area contributed by atoms with Gasteiger partial charge in [-0.3, -0.25) is 19.8 Å². The number of likely N-dealkylation sites (tertiary alicyclic amines) is 1. The van der Waals surface area contributed by atoms with Gasteiger partial charge in [0.15, 0.2) is 5.54 Å². The molecular formula is C19H20N4O5. The number of imide groups is 1. The molecule has 28 heavy (non-hydrogen) atoms. The van der Waals surface area contributed by atoms with Crippen LogP contribution in [0.1, 0.15) is 11.6 Å². The minimum Gasteiger partial charge on any atom is -0.468 e. The van der Waals surface area contributed by atoms with Crippen LogP contribution in [-0.4, -0.2) is 63.9 Å². The first kappa shape index (κ1) is 18.3. The molecule has 1 aromatic carbocycles. The molecule has 146 valence electrons. The van der Waals surface area contributed by atoms with Crippen molar-refractivity contribution in [3.05, 3.63) is 48.3 Å². The number of aliphatic hydroxyl groups excluding tert-OH is 1. The molecule has 2 aromatic rings. The number of esters is 1. The Morgan fingerprint density at radius 1 is 1.29 bits per heavy atom. The van der Waals surface area contributed by atoms with Crippen LogP contribution in [0.25, 0.3) is 5.69 Å². The average molecular weight is 384 g/mol. The van der Waals surface area contributed by atoms with Crippen molar-refractivity contribution in [2.45, 2.75) is 11.6 Å². The SMILES string of the molecule is COC(=O)[C@@]1(CO)N[C@@H](c2ccc(-n3cccn3)cc2)[C@H]2C(=O)N(C)C(=O)[C@H]21. The maximum Gasteiger partial charge on any atom is 0.329 e. The molecule has 1 aromatic heterocycles. The van der Waals surface area contributed by atoms with Gasteiger partial charge in [0.2, 0.25) is 11.8 Å². The van der Waals surface area contributed by atoms with Crippen molar-refractivity contribution in [3.8, 4) is 5.69 Å². The molecule has 2 saturated heterocycles. The molecule has 9 heteroatoms. The maximum atomic E-state index is 12.8. The van der Waals surface area contributed by atoms with Crippen molar-refractivity contribution in [3.63, 3.8) is 0 Å². The van der Waals surface area contributed by atoms with Crippen LogP contribution in [0.2, 0.25) is 0 Å². The summed E-state index contributed by atoms with van der Waals surface area (Å²) in [6.45, 7) is -0.657. The predicted octanol–water partition coefficient (Wildman–Crippen LogP) is -0.348. The fourth-order valence-electron chi connectivity index (χ4n) is 4.27. The molecule has 0 spiro atoms. The summed E-state index contributed by atoms with van der Waals surface area (Å²) >= 11 is 0. The second-order valence-corrected chi connectivity index (χ2v) is 7.02. The Balaban J connectivity index is 1.76. The molecule has 4 atom stereocenters. The third kappa shape index (κ3) is 2.40. The van der Waals surface area contributed by atoms with Gasteiger partial charge in [-0.05, 0) is 23.8 Å². The van der Waals surface area contributed by atoms with Crippen LogP contribution in [0.4, 0.5) is 0 Å². The summed E-state index contributed by atoms with van der Waals surface area (Å²) in [6.07, 6.45) is 3.47. The van der Waals surface area contributed by atoms with Gasteiger partial charge in [-0.2, -0.15) is 5.10 Å². The lowest BCUT2D eigenvalue weighted by molar-refractivity contribution is -0.156. The van der Waals surface area contributed by atoms with E-state index in [9.17, 15) is 19.5 Å². The van der Waals surface area contributed by atoms with Gasteiger partial charge in [0.1, 0.15) is 0 Å². The van der Waals surface area contributed by atoms with Crippen LogP contribution in [0.3, 0.4) is 0 Å². The number of methoxy groups -OCH3 is 1. The van der Waals surface area contributed by atoms with E-state index < -0.39 is 41.9 Å². The number of aliphatic hydroxyl groups is 1. The molecule has 3 heterocycles. The standard InChI is InChI=1S/C19H20N4O5/c1-22-16(25)13-14(17(22)26)19(10-24,18(27)28-2)21-15(13)11-4-6-12(7-5-11)23-9-3-8-20-23/h3-9,13-15,21,24H,10H2,1-2H3/t13-,14-,15-,19-/m0/s1. The fourth-order valence-corrected chi connectivity index (χ4v) is 4.27. The first-order valence-corrected chi connectivity index (χ1v) is 8.83. The Labute approximate surface area is 160 Å². The van der Waals surface area contributed by atoms with Crippen molar-refractivity contribution in [1.82, 2.24) is 20.0 Å². The molecule has 2 amide bonds. The molecule has 0 radical (unpaired) electrons. The number of nitrogens with one attached hydrogen (secondary N) is 1. The Morgan fingerprint density at radius 3 is 2.57 bits per heavy atom. The van der Waals surface area contributed by atoms with Crippen molar-refractivity contribution in [1.29, 1.82) is 0 Å². The van der Waals surface area contributed by atoms with E-state index in [-0.39, 0.29) is 5.91 Å². The highest BCUT2D eigenvalue weighted by atomic mass is 16.5. The highest BCUT2D eigenvalue weighted by Gasteiger charge is 2.68. The average Bonchev–Trinajstić information content (AvgIpc) is 3.42. The lowest BCUT2D eigenvalue weighted by atomic mass is 9.79. The number of nitrogens with zero attached hydrogens (tertiary/aromatic N) is 3. The number of fused-ring (bicyclic) bond motifs is 1. The van der Waals surface area contributed by atoms with Crippen LogP contribution in [-0.2, 0) is 19.1 Å². The zero-order valence-corrected chi connectivity index (χ0v) is 15.4. The Hall–Kier alpha value is -3.04. The van der Waals surface area contributed by atoms with E-state index in [0.717, 1.165) is 16.2 Å². The van der Waals surface area contributed by atoms with Crippen LogP contribution >= 0.6 is 0 Å². The summed E-state index contributed by atoms with van der Waals surface area (Å²) < 4.78 is 6.55. The number of aromatic nitrogens is 2. The van der Waals surface area contributed by atoms with Gasteiger partial charge in [0.05, 0.1) is 31.2 Å². The Bertz CT molecular complexity index is 926. The molecule has 2 aliphatic rings. The lowest BCUT2D eigenvalue weighted by Gasteiger charge is -2.29. The molecule has 0 aliphatic carbocycles. The molecule has 0 saturated carbocycles. The molecule has 2 aliphatic heterocycles. The number of hydrogen-bond acceptors (Lipinski definition) is 7. The zero-order chi connectivity index (χ0) is 20.1. The molecule has 2 fully saturated rings. The van der Waals surface area contributed by atoms with E-state index in [4.69, 9.17) is 4.74 Å². The van der Waals surface area contributed by atoms with Crippen LogP contribution in [0.15, 0.2) is 42.7 Å². The summed E-state index contributed by atoms with van der Waals surface area (Å²) in [5, 5.41) is 17.2. The van der Waals surface area contributed by atoms with Gasteiger partial charge >= 0.3 is 5.97 Å². The summed E-state index contributed by atoms with van der Waals surface area (Å²) in [5.41, 5.74) is -0.111. The van der Waals surface area contributed by atoms with Gasteiger partial charge in [0, 0.05) is 25.5 Å². The smallest absolute Gasteiger partial charge is 0.329 e. The number of hydrogen-bond donors (Lipinski definition) is 2. The first-order valence-electron chi connectivity index (χ1n) is 8.83. The van der Waals surface area contributed by atoms with E-state index in [1.165, 1.54) is 14.2 Å². The van der Waals surface area contributed by atoms with Gasteiger partial charge in [-0.1, -0.05) is 12.1 Å². The Morgan fingerprint density at radius 2 is 2.00 bits per heavy atom. The third-order valence-electron chi connectivity index (χ3n) is 5.69. The summed E-state index contributed by atoms with van der Waals surface area (Å²) in [5.74, 6) is -3.49. The monoisotopic (exact) mass is 384 g/mol. The topological polar surface area (TPSA) is 114 Å². The summed E-state index contributed by atoms with van der Waals surface area (Å²) in [4.78, 5) is 39.0. The molecule has 9 nitrogen and oxygen atoms in total. The summed E-state index contributed by atoms with van der Waals surface area (Å²) in [6, 6.07) is 8.48. The van der Waals surface area contributed by atoms with E-state index in [1.54, 1.807) is 17.1 Å². The quantitative estimate of drug-likeness (QED) is 0.547. The molecule has 2 N–H and O–H groups in total. The van der Waals surface area contributed by atoms with E-state index in [0.29, 0.717) is 0 Å². The van der Waals surface area contributed by atoms with E-state index in [2.05, 4.69) is 10.4 Å². The number of amides is 2. The highest BCUT2D eigenvalue weighted by molar-refractivity contribution is 6.09. The van der Waals surface area contributed by atoms with E-state index in [1.807, 2.05) is 30.3 Å². The normalized spacial score (nSPS) is 29.2. The van der Waals surface area contributed by atoms with Gasteiger partial charge in [-0.15, -0.1) is 0 Å². The van der Waals surface area contributed by atoms with Gasteiger partial charge in [0.25, 0.3) is 0 Å². The second kappa shape index (κ2) is 6.54. The van der Waals surface area contributed by atoms with Crippen molar-refractivity contribution in [2.75, 3.05) is 20.8 Å². The number of ether oxygens (including phenoxy) is 1. The van der Waals surface area contributed by atoms with Gasteiger partial charge in [-0.25, -0.2) is 9.48 Å². The number of rotatable bonds is 4. The number of carbonyl (C=O) groups is 3. The number of benzene rings is 1. The summed E-state index contributed by atoms with van der Waals surface area (Å²) in [7, 11) is 2.58. The van der Waals surface area contributed by atoms with Crippen molar-refractivity contribution < 1.29 is 24.2 Å². The second-order valence-electron chi connectivity index (χ2n) is 7.02.